The molecule has 0 amide bonds. The minimum absolute atomic E-state index is 0.0395. The lowest BCUT2D eigenvalue weighted by atomic mass is 10.2. The highest BCUT2D eigenvalue weighted by molar-refractivity contribution is 7.94. The summed E-state index contributed by atoms with van der Waals surface area (Å²) in [6.07, 6.45) is -0.869. The summed E-state index contributed by atoms with van der Waals surface area (Å²) in [6.45, 7) is 1.57. The highest BCUT2D eigenvalue weighted by Gasteiger charge is 2.22. The maximum atomic E-state index is 12.8. The lowest BCUT2D eigenvalue weighted by Gasteiger charge is -2.15. The summed E-state index contributed by atoms with van der Waals surface area (Å²) >= 11 is 1.06. The van der Waals surface area contributed by atoms with Gasteiger partial charge in [0.25, 0.3) is 15.6 Å². The number of fused-ring (bicyclic) bond motifs is 1. The number of hydrogen-bond acceptors (Lipinski definition) is 7. The lowest BCUT2D eigenvalue weighted by molar-refractivity contribution is 0.0321. The zero-order chi connectivity index (χ0) is 22.0. The number of sulfonamides is 1. The van der Waals surface area contributed by atoms with Crippen molar-refractivity contribution in [3.63, 3.8) is 0 Å². The summed E-state index contributed by atoms with van der Waals surface area (Å²) in [5.74, 6) is -0.568. The van der Waals surface area contributed by atoms with Gasteiger partial charge in [-0.3, -0.25) is 9.52 Å². The SMILES string of the molecule is CC(OC(=O)c1ccccc1NS(=O)(=O)c1cccs1)c1nc2ccccc2c(=O)[nH]1. The first-order valence-corrected chi connectivity index (χ1v) is 11.6. The molecule has 0 aliphatic heterocycles. The second-order valence-electron chi connectivity index (χ2n) is 6.60. The predicted molar refractivity (Wildman–Crippen MR) is 118 cm³/mol. The Morgan fingerprint density at radius 1 is 1.10 bits per heavy atom. The molecule has 31 heavy (non-hydrogen) atoms. The Kier molecular flexibility index (Phi) is 5.57. The van der Waals surface area contributed by atoms with Crippen molar-refractivity contribution >= 4 is 43.9 Å². The van der Waals surface area contributed by atoms with Gasteiger partial charge in [-0.25, -0.2) is 18.2 Å². The number of benzene rings is 2. The first-order chi connectivity index (χ1) is 14.8. The van der Waals surface area contributed by atoms with Gasteiger partial charge in [0, 0.05) is 0 Å². The molecule has 4 rings (SSSR count). The van der Waals surface area contributed by atoms with Crippen LogP contribution in [0.2, 0.25) is 0 Å². The number of para-hydroxylation sites is 2. The first kappa shape index (κ1) is 20.8. The Morgan fingerprint density at radius 2 is 1.84 bits per heavy atom. The largest absolute Gasteiger partial charge is 0.451 e. The number of carbonyl (C=O) groups is 1. The highest BCUT2D eigenvalue weighted by atomic mass is 32.2. The molecule has 2 heterocycles. The van der Waals surface area contributed by atoms with Gasteiger partial charge in [-0.05, 0) is 42.6 Å². The van der Waals surface area contributed by atoms with E-state index in [1.54, 1.807) is 54.8 Å². The van der Waals surface area contributed by atoms with Crippen molar-refractivity contribution in [1.29, 1.82) is 0 Å². The first-order valence-electron chi connectivity index (χ1n) is 9.20. The molecule has 2 N–H and O–H groups in total. The molecule has 0 radical (unpaired) electrons. The Balaban J connectivity index is 1.59. The molecular formula is C21H17N3O5S2. The monoisotopic (exact) mass is 455 g/mol. The Labute approximate surface area is 181 Å². The third-order valence-corrected chi connectivity index (χ3v) is 7.21. The summed E-state index contributed by atoms with van der Waals surface area (Å²) < 4.78 is 33.1. The van der Waals surface area contributed by atoms with Crippen molar-refractivity contribution in [1.82, 2.24) is 9.97 Å². The maximum absolute atomic E-state index is 12.8. The summed E-state index contributed by atoms with van der Waals surface area (Å²) in [6, 6.07) is 16.1. The van der Waals surface area contributed by atoms with Gasteiger partial charge in [-0.2, -0.15) is 0 Å². The van der Waals surface area contributed by atoms with Crippen molar-refractivity contribution < 1.29 is 17.9 Å². The van der Waals surface area contributed by atoms with Crippen molar-refractivity contribution in [3.05, 3.63) is 87.8 Å². The van der Waals surface area contributed by atoms with E-state index in [4.69, 9.17) is 4.74 Å². The average Bonchev–Trinajstić information content (AvgIpc) is 3.30. The maximum Gasteiger partial charge on any atom is 0.340 e. The number of esters is 1. The van der Waals surface area contributed by atoms with Gasteiger partial charge in [0.1, 0.15) is 4.21 Å². The molecule has 2 aromatic carbocycles. The second-order valence-corrected chi connectivity index (χ2v) is 9.46. The number of hydrogen-bond donors (Lipinski definition) is 2. The molecular weight excluding hydrogens is 438 g/mol. The van der Waals surface area contributed by atoms with Gasteiger partial charge < -0.3 is 9.72 Å². The average molecular weight is 456 g/mol. The van der Waals surface area contributed by atoms with Gasteiger partial charge >= 0.3 is 5.97 Å². The van der Waals surface area contributed by atoms with E-state index in [1.807, 2.05) is 0 Å². The van der Waals surface area contributed by atoms with Crippen LogP contribution >= 0.6 is 11.3 Å². The minimum atomic E-state index is -3.84. The van der Waals surface area contributed by atoms with Gasteiger partial charge in [-0.15, -0.1) is 11.3 Å². The summed E-state index contributed by atoms with van der Waals surface area (Å²) in [7, 11) is -3.84. The van der Waals surface area contributed by atoms with Gasteiger partial charge in [-0.1, -0.05) is 30.3 Å². The number of nitrogens with zero attached hydrogens (tertiary/aromatic N) is 1. The molecule has 1 unspecified atom stereocenters. The van der Waals surface area contributed by atoms with E-state index >= 15 is 0 Å². The van der Waals surface area contributed by atoms with Crippen molar-refractivity contribution in [2.45, 2.75) is 17.2 Å². The van der Waals surface area contributed by atoms with Crippen molar-refractivity contribution in [2.24, 2.45) is 0 Å². The number of anilines is 1. The topological polar surface area (TPSA) is 118 Å². The van der Waals surface area contributed by atoms with Crippen molar-refractivity contribution in [3.8, 4) is 0 Å². The Hall–Kier alpha value is -3.50. The normalized spacial score (nSPS) is 12.4. The fourth-order valence-electron chi connectivity index (χ4n) is 2.94. The molecule has 1 atom stereocenters. The number of aromatic nitrogens is 2. The van der Waals surface area contributed by atoms with Crippen LogP contribution in [-0.2, 0) is 14.8 Å². The van der Waals surface area contributed by atoms with E-state index in [1.165, 1.54) is 18.2 Å². The third kappa shape index (κ3) is 4.35. The van der Waals surface area contributed by atoms with Crippen LogP contribution < -0.4 is 10.3 Å². The molecule has 0 saturated heterocycles. The lowest BCUT2D eigenvalue weighted by Crippen LogP contribution is -2.19. The minimum Gasteiger partial charge on any atom is -0.451 e. The van der Waals surface area contributed by atoms with Crippen LogP contribution in [0.15, 0.2) is 75.0 Å². The zero-order valence-corrected chi connectivity index (χ0v) is 17.9. The molecule has 0 saturated carbocycles. The molecule has 0 aliphatic rings. The standard InChI is InChI=1S/C21H17N3O5S2/c1-13(19-22-16-9-4-2-7-14(16)20(25)23-19)29-21(26)15-8-3-5-10-17(15)24-31(27,28)18-11-6-12-30-18/h2-13,24H,1H3,(H,22,23,25). The number of H-pyrrole nitrogens is 1. The number of carbonyl (C=O) groups excluding carboxylic acids is 1. The van der Waals surface area contributed by atoms with E-state index in [9.17, 15) is 18.0 Å². The van der Waals surface area contributed by atoms with E-state index < -0.39 is 22.1 Å². The molecule has 0 bridgehead atoms. The van der Waals surface area contributed by atoms with Crippen LogP contribution in [0.5, 0.6) is 0 Å². The van der Waals surface area contributed by atoms with Gasteiger partial charge in [0.15, 0.2) is 11.9 Å². The number of thiophene rings is 1. The summed E-state index contributed by atoms with van der Waals surface area (Å²) in [5.41, 5.74) is 0.270. The van der Waals surface area contributed by atoms with Crippen LogP contribution in [-0.4, -0.2) is 24.4 Å². The molecule has 8 nitrogen and oxygen atoms in total. The third-order valence-electron chi connectivity index (χ3n) is 4.45. The molecule has 0 spiro atoms. The number of nitrogens with one attached hydrogen (secondary N) is 2. The Bertz CT molecular complexity index is 1410. The smallest absolute Gasteiger partial charge is 0.340 e. The van der Waals surface area contributed by atoms with Crippen LogP contribution in [0.25, 0.3) is 10.9 Å². The molecule has 0 aliphatic carbocycles. The molecule has 0 fully saturated rings. The van der Waals surface area contributed by atoms with E-state index in [0.717, 1.165) is 11.3 Å². The van der Waals surface area contributed by atoms with Crippen LogP contribution in [0.3, 0.4) is 0 Å². The fourth-order valence-corrected chi connectivity index (χ4v) is 5.01. The summed E-state index contributed by atoms with van der Waals surface area (Å²) in [4.78, 5) is 32.0. The number of ether oxygens (including phenoxy) is 1. The van der Waals surface area contributed by atoms with E-state index in [0.29, 0.717) is 10.9 Å². The molecule has 2 aromatic heterocycles. The van der Waals surface area contributed by atoms with Crippen LogP contribution in [0.4, 0.5) is 5.69 Å². The quantitative estimate of drug-likeness (QED) is 0.428. The molecule has 4 aromatic rings. The molecule has 10 heteroatoms. The van der Waals surface area contributed by atoms with Crippen LogP contribution in [0, 0.1) is 0 Å². The molecule has 158 valence electrons. The highest BCUT2D eigenvalue weighted by Crippen LogP contribution is 2.25. The predicted octanol–water partition coefficient (Wildman–Crippen LogP) is 3.70. The second kappa shape index (κ2) is 8.32. The fraction of sp³-hybridized carbons (Fsp3) is 0.0952. The number of aromatic amines is 1. The Morgan fingerprint density at radius 3 is 2.61 bits per heavy atom. The van der Waals surface area contributed by atoms with Gasteiger partial charge in [0.2, 0.25) is 0 Å². The summed E-state index contributed by atoms with van der Waals surface area (Å²) in [5, 5.41) is 2.08. The van der Waals surface area contributed by atoms with E-state index in [2.05, 4.69) is 14.7 Å². The van der Waals surface area contributed by atoms with Gasteiger partial charge in [0.05, 0.1) is 22.2 Å². The van der Waals surface area contributed by atoms with Crippen LogP contribution in [0.1, 0.15) is 29.2 Å². The van der Waals surface area contributed by atoms with E-state index in [-0.39, 0.29) is 26.8 Å². The van der Waals surface area contributed by atoms with Crippen molar-refractivity contribution in [2.75, 3.05) is 4.72 Å². The number of rotatable bonds is 6. The zero-order valence-electron chi connectivity index (χ0n) is 16.2.